The summed E-state index contributed by atoms with van der Waals surface area (Å²) in [5.74, 6) is 1.00. The number of hydrogen-bond acceptors (Lipinski definition) is 2. The molecule has 78 valence electrons. The summed E-state index contributed by atoms with van der Waals surface area (Å²) in [6.45, 7) is 0.815. The quantitative estimate of drug-likeness (QED) is 0.748. The van der Waals surface area contributed by atoms with Crippen molar-refractivity contribution < 1.29 is 4.42 Å². The van der Waals surface area contributed by atoms with Gasteiger partial charge >= 0.3 is 0 Å². The zero-order valence-corrected chi connectivity index (χ0v) is 8.65. The first-order chi connectivity index (χ1) is 7.43. The van der Waals surface area contributed by atoms with Crippen LogP contribution in [0.2, 0.25) is 0 Å². The lowest BCUT2D eigenvalue weighted by Crippen LogP contribution is -2.08. The molecule has 2 aromatic heterocycles. The van der Waals surface area contributed by atoms with Gasteiger partial charge in [0, 0.05) is 5.69 Å². The Labute approximate surface area is 88.7 Å². The highest BCUT2D eigenvalue weighted by atomic mass is 16.3. The van der Waals surface area contributed by atoms with Crippen LogP contribution in [0.3, 0.4) is 0 Å². The van der Waals surface area contributed by atoms with Crippen LogP contribution in [0.25, 0.3) is 0 Å². The zero-order valence-electron chi connectivity index (χ0n) is 8.65. The van der Waals surface area contributed by atoms with Crippen LogP contribution in [0.1, 0.15) is 30.0 Å². The fraction of sp³-hybridized carbons (Fsp3) is 0.417. The Kier molecular flexibility index (Phi) is 2.09. The Bertz CT molecular complexity index is 442. The summed E-state index contributed by atoms with van der Waals surface area (Å²) in [7, 11) is 0. The molecule has 1 aliphatic carbocycles. The number of hydrogen-bond donors (Lipinski definition) is 0. The smallest absolute Gasteiger partial charge is 0.123 e. The molecule has 1 aliphatic rings. The van der Waals surface area contributed by atoms with Crippen LogP contribution >= 0.6 is 0 Å². The molecular formula is C12H14N2O. The molecule has 0 radical (unpaired) electrons. The molecule has 0 saturated carbocycles. The molecule has 3 nitrogen and oxygen atoms in total. The van der Waals surface area contributed by atoms with Crippen molar-refractivity contribution in [2.24, 2.45) is 0 Å². The minimum absolute atomic E-state index is 0.815. The molecule has 0 fully saturated rings. The van der Waals surface area contributed by atoms with E-state index >= 15 is 0 Å². The predicted molar refractivity (Wildman–Crippen MR) is 56.7 cm³/mol. The van der Waals surface area contributed by atoms with E-state index < -0.39 is 0 Å². The highest BCUT2D eigenvalue weighted by molar-refractivity contribution is 5.17. The number of aryl methyl sites for hydroxylation is 1. The zero-order chi connectivity index (χ0) is 10.1. The van der Waals surface area contributed by atoms with Crippen molar-refractivity contribution in [1.29, 1.82) is 0 Å². The first-order valence-corrected chi connectivity index (χ1v) is 5.49. The fourth-order valence-electron chi connectivity index (χ4n) is 2.24. The molecular weight excluding hydrogens is 188 g/mol. The van der Waals surface area contributed by atoms with Gasteiger partial charge in [0.1, 0.15) is 5.76 Å². The summed E-state index contributed by atoms with van der Waals surface area (Å²) in [6.07, 6.45) is 8.54. The van der Waals surface area contributed by atoms with Crippen molar-refractivity contribution in [1.82, 2.24) is 9.55 Å². The summed E-state index contributed by atoms with van der Waals surface area (Å²) in [6, 6.07) is 3.94. The second-order valence-electron chi connectivity index (χ2n) is 4.05. The molecule has 0 spiro atoms. The topological polar surface area (TPSA) is 31.0 Å². The Balaban J connectivity index is 1.89. The van der Waals surface area contributed by atoms with Crippen LogP contribution in [-0.2, 0) is 19.4 Å². The second-order valence-corrected chi connectivity index (χ2v) is 4.05. The third kappa shape index (κ3) is 1.58. The van der Waals surface area contributed by atoms with Gasteiger partial charge in [0.2, 0.25) is 0 Å². The van der Waals surface area contributed by atoms with Gasteiger partial charge in [-0.2, -0.15) is 0 Å². The van der Waals surface area contributed by atoms with Crippen molar-refractivity contribution in [3.8, 4) is 0 Å². The minimum Gasteiger partial charge on any atom is -0.467 e. The third-order valence-electron chi connectivity index (χ3n) is 3.02. The monoisotopic (exact) mass is 202 g/mol. The maximum absolute atomic E-state index is 5.35. The average molecular weight is 202 g/mol. The van der Waals surface area contributed by atoms with E-state index in [1.54, 1.807) is 6.26 Å². The highest BCUT2D eigenvalue weighted by Crippen LogP contribution is 2.20. The summed E-state index contributed by atoms with van der Waals surface area (Å²) in [4.78, 5) is 4.46. The third-order valence-corrected chi connectivity index (χ3v) is 3.02. The number of rotatable bonds is 2. The van der Waals surface area contributed by atoms with Crippen molar-refractivity contribution in [2.45, 2.75) is 32.2 Å². The first-order valence-electron chi connectivity index (χ1n) is 5.49. The van der Waals surface area contributed by atoms with E-state index in [2.05, 4.69) is 9.55 Å². The molecule has 3 heteroatoms. The minimum atomic E-state index is 0.815. The molecule has 0 aromatic carbocycles. The Hall–Kier alpha value is -1.51. The first kappa shape index (κ1) is 8.77. The van der Waals surface area contributed by atoms with E-state index in [1.807, 2.05) is 18.5 Å². The van der Waals surface area contributed by atoms with E-state index in [4.69, 9.17) is 4.42 Å². The van der Waals surface area contributed by atoms with Gasteiger partial charge in [-0.05, 0) is 37.8 Å². The number of furan rings is 1. The van der Waals surface area contributed by atoms with Gasteiger partial charge in [-0.3, -0.25) is 0 Å². The second kappa shape index (κ2) is 3.57. The predicted octanol–water partition coefficient (Wildman–Crippen LogP) is 2.40. The Morgan fingerprint density at radius 2 is 2.27 bits per heavy atom. The summed E-state index contributed by atoms with van der Waals surface area (Å²) in [5, 5.41) is 0. The normalized spacial score (nSPS) is 15.2. The van der Waals surface area contributed by atoms with Gasteiger partial charge in [0.25, 0.3) is 0 Å². The van der Waals surface area contributed by atoms with E-state index in [0.29, 0.717) is 0 Å². The van der Waals surface area contributed by atoms with Gasteiger partial charge in [0.05, 0.1) is 24.8 Å². The molecule has 0 atom stereocenters. The number of fused-ring (bicyclic) bond motifs is 1. The Morgan fingerprint density at radius 1 is 1.33 bits per heavy atom. The van der Waals surface area contributed by atoms with Crippen LogP contribution in [0.15, 0.2) is 29.1 Å². The molecule has 2 heterocycles. The van der Waals surface area contributed by atoms with E-state index in [9.17, 15) is 0 Å². The van der Waals surface area contributed by atoms with Crippen LogP contribution < -0.4 is 0 Å². The maximum Gasteiger partial charge on any atom is 0.123 e. The van der Waals surface area contributed by atoms with Crippen LogP contribution in [-0.4, -0.2) is 9.55 Å². The lowest BCUT2D eigenvalue weighted by molar-refractivity contribution is 0.486. The van der Waals surface area contributed by atoms with Crippen molar-refractivity contribution in [3.05, 3.63) is 41.9 Å². The largest absolute Gasteiger partial charge is 0.467 e. The molecule has 15 heavy (non-hydrogen) atoms. The van der Waals surface area contributed by atoms with Crippen LogP contribution in [0.5, 0.6) is 0 Å². The summed E-state index contributed by atoms with van der Waals surface area (Å²) >= 11 is 0. The summed E-state index contributed by atoms with van der Waals surface area (Å²) < 4.78 is 7.56. The van der Waals surface area contributed by atoms with Crippen LogP contribution in [0, 0.1) is 0 Å². The standard InChI is InChI=1S/C12H14N2O/c1-2-6-12-11(5-1)13-9-14(12)8-10-4-3-7-15-10/h3-4,7,9H,1-2,5-6,8H2. The van der Waals surface area contributed by atoms with Gasteiger partial charge in [-0.15, -0.1) is 0 Å². The lowest BCUT2D eigenvalue weighted by Gasteiger charge is -2.12. The van der Waals surface area contributed by atoms with Gasteiger partial charge < -0.3 is 8.98 Å². The van der Waals surface area contributed by atoms with E-state index in [1.165, 1.54) is 24.2 Å². The molecule has 0 saturated heterocycles. The average Bonchev–Trinajstić information content (AvgIpc) is 2.89. The van der Waals surface area contributed by atoms with Crippen molar-refractivity contribution >= 4 is 0 Å². The van der Waals surface area contributed by atoms with E-state index in [0.717, 1.165) is 25.1 Å². The number of aromatic nitrogens is 2. The fourth-order valence-corrected chi connectivity index (χ4v) is 2.24. The molecule has 0 N–H and O–H groups in total. The van der Waals surface area contributed by atoms with Gasteiger partial charge in [0.15, 0.2) is 0 Å². The van der Waals surface area contributed by atoms with E-state index in [-0.39, 0.29) is 0 Å². The maximum atomic E-state index is 5.35. The Morgan fingerprint density at radius 3 is 3.13 bits per heavy atom. The van der Waals surface area contributed by atoms with Crippen molar-refractivity contribution in [3.63, 3.8) is 0 Å². The molecule has 3 rings (SSSR count). The number of nitrogens with zero attached hydrogens (tertiary/aromatic N) is 2. The summed E-state index contributed by atoms with van der Waals surface area (Å²) in [5.41, 5.74) is 2.69. The van der Waals surface area contributed by atoms with Crippen LogP contribution in [0.4, 0.5) is 0 Å². The molecule has 0 bridgehead atoms. The highest BCUT2D eigenvalue weighted by Gasteiger charge is 2.15. The molecule has 0 aliphatic heterocycles. The molecule has 0 amide bonds. The van der Waals surface area contributed by atoms with Crippen molar-refractivity contribution in [2.75, 3.05) is 0 Å². The van der Waals surface area contributed by atoms with Gasteiger partial charge in [-0.25, -0.2) is 4.98 Å². The van der Waals surface area contributed by atoms with Gasteiger partial charge in [-0.1, -0.05) is 0 Å². The number of imidazole rings is 1. The molecule has 0 unspecified atom stereocenters. The molecule has 2 aromatic rings. The lowest BCUT2D eigenvalue weighted by atomic mass is 10.0. The SMILES string of the molecule is c1coc(Cn2cnc3c2CCCC3)c1.